The van der Waals surface area contributed by atoms with Gasteiger partial charge in [-0.2, -0.15) is 0 Å². The zero-order chi connectivity index (χ0) is 14.0. The molecule has 5 heteroatoms. The van der Waals surface area contributed by atoms with E-state index in [1.807, 2.05) is 32.9 Å². The van der Waals surface area contributed by atoms with Crippen molar-refractivity contribution in [2.24, 2.45) is 0 Å². The zero-order valence-corrected chi connectivity index (χ0v) is 12.6. The predicted molar refractivity (Wildman–Crippen MR) is 78.3 cm³/mol. The maximum Gasteiger partial charge on any atom is 0.258 e. The number of hydrogen-bond acceptors (Lipinski definition) is 3. The van der Waals surface area contributed by atoms with E-state index < -0.39 is 0 Å². The molecule has 0 spiro atoms. The number of carbonyl (C=O) groups excluding carboxylic acids is 1. The molecule has 2 aromatic heterocycles. The molecule has 0 aromatic carbocycles. The summed E-state index contributed by atoms with van der Waals surface area (Å²) in [6, 6.07) is 5.42. The van der Waals surface area contributed by atoms with Gasteiger partial charge in [-0.1, -0.05) is 0 Å². The van der Waals surface area contributed by atoms with Gasteiger partial charge in [-0.25, -0.2) is 4.98 Å². The number of amides is 1. The second-order valence-corrected chi connectivity index (χ2v) is 5.21. The van der Waals surface area contributed by atoms with Gasteiger partial charge < -0.3 is 5.32 Å². The summed E-state index contributed by atoms with van der Waals surface area (Å²) in [5, 5.41) is 2.78. The average Bonchev–Trinajstić information content (AvgIpc) is 2.33. The van der Waals surface area contributed by atoms with Crippen molar-refractivity contribution in [3.05, 3.63) is 51.4 Å². The van der Waals surface area contributed by atoms with Gasteiger partial charge in [0, 0.05) is 16.4 Å². The highest BCUT2D eigenvalue weighted by Crippen LogP contribution is 2.18. The van der Waals surface area contributed by atoms with E-state index in [1.54, 1.807) is 12.3 Å². The monoisotopic (exact) mass is 319 g/mol. The Morgan fingerprint density at radius 3 is 2.63 bits per heavy atom. The molecule has 0 saturated heterocycles. The van der Waals surface area contributed by atoms with E-state index in [0.717, 1.165) is 15.7 Å². The van der Waals surface area contributed by atoms with Crippen LogP contribution >= 0.6 is 15.9 Å². The molecular formula is C14H14BrN3O. The van der Waals surface area contributed by atoms with Gasteiger partial charge in [-0.05, 0) is 60.5 Å². The van der Waals surface area contributed by atoms with Crippen molar-refractivity contribution in [1.29, 1.82) is 0 Å². The summed E-state index contributed by atoms with van der Waals surface area (Å²) in [6.45, 7) is 5.66. The third kappa shape index (κ3) is 3.17. The normalized spacial score (nSPS) is 10.3. The van der Waals surface area contributed by atoms with Crippen LogP contribution in [0.25, 0.3) is 0 Å². The van der Waals surface area contributed by atoms with Gasteiger partial charge in [0.15, 0.2) is 0 Å². The van der Waals surface area contributed by atoms with Crippen LogP contribution in [0.4, 0.5) is 5.82 Å². The molecule has 0 aliphatic carbocycles. The van der Waals surface area contributed by atoms with Crippen molar-refractivity contribution < 1.29 is 4.79 Å². The minimum Gasteiger partial charge on any atom is -0.306 e. The summed E-state index contributed by atoms with van der Waals surface area (Å²) >= 11 is 3.37. The number of nitrogens with one attached hydrogen (secondary N) is 1. The lowest BCUT2D eigenvalue weighted by atomic mass is 10.1. The first-order valence-electron chi connectivity index (χ1n) is 5.85. The molecule has 19 heavy (non-hydrogen) atoms. The summed E-state index contributed by atoms with van der Waals surface area (Å²) in [5.74, 6) is 0.338. The fraction of sp³-hybridized carbons (Fsp3) is 0.214. The molecular weight excluding hydrogens is 306 g/mol. The second kappa shape index (κ2) is 5.48. The third-order valence-corrected chi connectivity index (χ3v) is 3.59. The van der Waals surface area contributed by atoms with E-state index in [2.05, 4.69) is 31.2 Å². The van der Waals surface area contributed by atoms with E-state index in [9.17, 15) is 4.79 Å². The fourth-order valence-electron chi connectivity index (χ4n) is 1.72. The highest BCUT2D eigenvalue weighted by Gasteiger charge is 2.11. The maximum absolute atomic E-state index is 12.1. The molecule has 0 aliphatic rings. The van der Waals surface area contributed by atoms with Gasteiger partial charge in [-0.3, -0.25) is 9.78 Å². The molecule has 2 aromatic rings. The molecule has 0 atom stereocenters. The van der Waals surface area contributed by atoms with Crippen molar-refractivity contribution in [3.63, 3.8) is 0 Å². The molecule has 98 valence electrons. The molecule has 2 heterocycles. The second-order valence-electron chi connectivity index (χ2n) is 4.36. The van der Waals surface area contributed by atoms with Crippen molar-refractivity contribution >= 4 is 27.7 Å². The van der Waals surface area contributed by atoms with Crippen LogP contribution in [-0.4, -0.2) is 15.9 Å². The number of rotatable bonds is 2. The SMILES string of the molecule is Cc1ccc(C(=O)Nc2cc(C)c(Br)cn2)c(C)n1. The Morgan fingerprint density at radius 2 is 2.00 bits per heavy atom. The van der Waals surface area contributed by atoms with E-state index in [4.69, 9.17) is 0 Å². The number of halogens is 1. The first-order chi connectivity index (χ1) is 8.97. The van der Waals surface area contributed by atoms with Crippen molar-refractivity contribution in [3.8, 4) is 0 Å². The fourth-order valence-corrected chi connectivity index (χ4v) is 1.93. The third-order valence-electron chi connectivity index (χ3n) is 2.76. The molecule has 2 rings (SSSR count). The summed E-state index contributed by atoms with van der Waals surface area (Å²) < 4.78 is 0.915. The smallest absolute Gasteiger partial charge is 0.258 e. The summed E-state index contributed by atoms with van der Waals surface area (Å²) in [6.07, 6.45) is 1.67. The van der Waals surface area contributed by atoms with Gasteiger partial charge in [0.2, 0.25) is 0 Å². The number of nitrogens with zero attached hydrogens (tertiary/aromatic N) is 2. The highest BCUT2D eigenvalue weighted by atomic mass is 79.9. The Morgan fingerprint density at radius 1 is 1.26 bits per heavy atom. The van der Waals surface area contributed by atoms with Crippen LogP contribution in [0.2, 0.25) is 0 Å². The Hall–Kier alpha value is -1.75. The van der Waals surface area contributed by atoms with Crippen LogP contribution < -0.4 is 5.32 Å². The number of carbonyl (C=O) groups is 1. The molecule has 0 aliphatic heterocycles. The molecule has 0 fully saturated rings. The van der Waals surface area contributed by atoms with E-state index in [-0.39, 0.29) is 5.91 Å². The molecule has 0 unspecified atom stereocenters. The maximum atomic E-state index is 12.1. The first-order valence-corrected chi connectivity index (χ1v) is 6.64. The minimum absolute atomic E-state index is 0.195. The lowest BCUT2D eigenvalue weighted by molar-refractivity contribution is 0.102. The molecule has 0 radical (unpaired) electrons. The summed E-state index contributed by atoms with van der Waals surface area (Å²) in [4.78, 5) is 20.6. The van der Waals surface area contributed by atoms with Gasteiger partial charge in [0.25, 0.3) is 5.91 Å². The van der Waals surface area contributed by atoms with Gasteiger partial charge >= 0.3 is 0 Å². The number of pyridine rings is 2. The van der Waals surface area contributed by atoms with Crippen LogP contribution in [0.15, 0.2) is 28.9 Å². The number of aromatic nitrogens is 2. The van der Waals surface area contributed by atoms with Gasteiger partial charge in [0.05, 0.1) is 11.3 Å². The topological polar surface area (TPSA) is 54.9 Å². The minimum atomic E-state index is -0.195. The van der Waals surface area contributed by atoms with Crippen LogP contribution in [0.3, 0.4) is 0 Å². The molecule has 0 bridgehead atoms. The van der Waals surface area contributed by atoms with Crippen molar-refractivity contribution in [2.45, 2.75) is 20.8 Å². The van der Waals surface area contributed by atoms with E-state index >= 15 is 0 Å². The molecule has 4 nitrogen and oxygen atoms in total. The largest absolute Gasteiger partial charge is 0.306 e. The van der Waals surface area contributed by atoms with Crippen LogP contribution in [0.5, 0.6) is 0 Å². The Kier molecular flexibility index (Phi) is 3.95. The van der Waals surface area contributed by atoms with E-state index in [1.165, 1.54) is 0 Å². The van der Waals surface area contributed by atoms with E-state index in [0.29, 0.717) is 17.1 Å². The highest BCUT2D eigenvalue weighted by molar-refractivity contribution is 9.10. The Labute approximate surface area is 120 Å². The predicted octanol–water partition coefficient (Wildman–Crippen LogP) is 3.42. The van der Waals surface area contributed by atoms with Crippen LogP contribution in [0.1, 0.15) is 27.3 Å². The van der Waals surface area contributed by atoms with Gasteiger partial charge in [0.1, 0.15) is 5.82 Å². The summed E-state index contributed by atoms with van der Waals surface area (Å²) in [5.41, 5.74) is 3.19. The lowest BCUT2D eigenvalue weighted by Gasteiger charge is -2.08. The number of aryl methyl sites for hydroxylation is 3. The quantitative estimate of drug-likeness (QED) is 0.922. The van der Waals surface area contributed by atoms with Crippen LogP contribution in [0, 0.1) is 20.8 Å². The van der Waals surface area contributed by atoms with Crippen LogP contribution in [-0.2, 0) is 0 Å². The molecule has 1 N–H and O–H groups in total. The number of hydrogen-bond donors (Lipinski definition) is 1. The lowest BCUT2D eigenvalue weighted by Crippen LogP contribution is -2.15. The van der Waals surface area contributed by atoms with Crippen molar-refractivity contribution in [1.82, 2.24) is 9.97 Å². The first kappa shape index (κ1) is 13.7. The summed E-state index contributed by atoms with van der Waals surface area (Å²) in [7, 11) is 0. The van der Waals surface area contributed by atoms with Crippen molar-refractivity contribution in [2.75, 3.05) is 5.32 Å². The standard InChI is InChI=1S/C14H14BrN3O/c1-8-6-13(16-7-12(8)15)18-14(19)11-5-4-9(2)17-10(11)3/h4-7H,1-3H3,(H,16,18,19). The number of anilines is 1. The Bertz CT molecular complexity index is 641. The zero-order valence-electron chi connectivity index (χ0n) is 11.0. The average molecular weight is 320 g/mol. The molecule has 1 amide bonds. The molecule has 0 saturated carbocycles. The Balaban J connectivity index is 2.23. The van der Waals surface area contributed by atoms with Gasteiger partial charge in [-0.15, -0.1) is 0 Å².